The summed E-state index contributed by atoms with van der Waals surface area (Å²) in [6, 6.07) is 2.31. The topological polar surface area (TPSA) is 73.2 Å². The molecule has 1 aromatic heterocycles. The zero-order valence-electron chi connectivity index (χ0n) is 10.5. The van der Waals surface area contributed by atoms with Gasteiger partial charge in [-0.2, -0.15) is 5.26 Å². The fourth-order valence-electron chi connectivity index (χ4n) is 2.57. The highest BCUT2D eigenvalue weighted by Crippen LogP contribution is 2.37. The molecule has 3 rings (SSSR count). The van der Waals surface area contributed by atoms with Crippen LogP contribution in [0.5, 0.6) is 0 Å². The van der Waals surface area contributed by atoms with E-state index < -0.39 is 9.84 Å². The van der Waals surface area contributed by atoms with Crippen LogP contribution in [0.1, 0.15) is 16.0 Å². The summed E-state index contributed by atoms with van der Waals surface area (Å²) in [5, 5.41) is 13.7. The first kappa shape index (κ1) is 12.9. The van der Waals surface area contributed by atoms with Gasteiger partial charge < -0.3 is 10.2 Å². The molecule has 0 atom stereocenters. The highest BCUT2D eigenvalue weighted by molar-refractivity contribution is 7.91. The second kappa shape index (κ2) is 4.78. The molecule has 1 aromatic rings. The molecule has 1 saturated heterocycles. The van der Waals surface area contributed by atoms with Crippen LogP contribution in [0.15, 0.2) is 0 Å². The molecular formula is C12H15N3O2S2. The van der Waals surface area contributed by atoms with Crippen LogP contribution >= 0.6 is 11.3 Å². The molecule has 5 nitrogen and oxygen atoms in total. The van der Waals surface area contributed by atoms with Gasteiger partial charge in [0.25, 0.3) is 0 Å². The molecule has 102 valence electrons. The monoisotopic (exact) mass is 297 g/mol. The molecule has 0 unspecified atom stereocenters. The molecule has 0 amide bonds. The third-order valence-electron chi connectivity index (χ3n) is 3.65. The second-order valence-electron chi connectivity index (χ2n) is 4.86. The molecule has 0 spiro atoms. The Morgan fingerprint density at radius 2 is 2.05 bits per heavy atom. The Morgan fingerprint density at radius 3 is 2.74 bits per heavy atom. The standard InChI is InChI=1S/C12H15N3O2S2/c13-7-10-9-1-2-14-8-11(9)18-12(10)15-3-5-19(16,17)6-4-15/h14H,1-6,8H2. The first-order chi connectivity index (χ1) is 9.11. The van der Waals surface area contributed by atoms with E-state index in [0.29, 0.717) is 13.1 Å². The summed E-state index contributed by atoms with van der Waals surface area (Å²) in [7, 11) is -2.88. The molecule has 2 aliphatic heterocycles. The van der Waals surface area contributed by atoms with Crippen LogP contribution in [0.25, 0.3) is 0 Å². The lowest BCUT2D eigenvalue weighted by atomic mass is 10.0. The van der Waals surface area contributed by atoms with Crippen LogP contribution in [0, 0.1) is 11.3 Å². The molecule has 3 heterocycles. The van der Waals surface area contributed by atoms with Crippen molar-refractivity contribution in [2.75, 3.05) is 36.0 Å². The zero-order valence-corrected chi connectivity index (χ0v) is 12.1. The first-order valence-corrected chi connectivity index (χ1v) is 8.95. The molecular weight excluding hydrogens is 282 g/mol. The summed E-state index contributed by atoms with van der Waals surface area (Å²) in [6.07, 6.45) is 0.890. The smallest absolute Gasteiger partial charge is 0.153 e. The van der Waals surface area contributed by atoms with Crippen molar-refractivity contribution in [3.63, 3.8) is 0 Å². The molecule has 0 aromatic carbocycles. The Hall–Kier alpha value is -1.10. The van der Waals surface area contributed by atoms with Gasteiger partial charge in [-0.25, -0.2) is 8.42 Å². The molecule has 0 aliphatic carbocycles. The van der Waals surface area contributed by atoms with Crippen molar-refractivity contribution in [3.05, 3.63) is 16.0 Å². The maximum atomic E-state index is 11.5. The number of nitriles is 1. The first-order valence-electron chi connectivity index (χ1n) is 6.31. The highest BCUT2D eigenvalue weighted by atomic mass is 32.2. The number of hydrogen-bond donors (Lipinski definition) is 1. The molecule has 0 bridgehead atoms. The fraction of sp³-hybridized carbons (Fsp3) is 0.583. The van der Waals surface area contributed by atoms with E-state index in [2.05, 4.69) is 16.3 Å². The zero-order chi connectivity index (χ0) is 13.5. The van der Waals surface area contributed by atoms with E-state index in [-0.39, 0.29) is 11.5 Å². The molecule has 2 aliphatic rings. The predicted molar refractivity (Wildman–Crippen MR) is 75.3 cm³/mol. The van der Waals surface area contributed by atoms with E-state index in [9.17, 15) is 13.7 Å². The van der Waals surface area contributed by atoms with Crippen molar-refractivity contribution in [2.45, 2.75) is 13.0 Å². The molecule has 0 saturated carbocycles. The molecule has 19 heavy (non-hydrogen) atoms. The summed E-state index contributed by atoms with van der Waals surface area (Å²) in [5.41, 5.74) is 1.93. The van der Waals surface area contributed by atoms with E-state index in [1.807, 2.05) is 0 Å². The van der Waals surface area contributed by atoms with Gasteiger partial charge >= 0.3 is 0 Å². The number of fused-ring (bicyclic) bond motifs is 1. The van der Waals surface area contributed by atoms with Gasteiger partial charge in [-0.05, 0) is 18.5 Å². The predicted octanol–water partition coefficient (Wildman–Crippen LogP) is 0.500. The van der Waals surface area contributed by atoms with E-state index >= 15 is 0 Å². The van der Waals surface area contributed by atoms with Crippen LogP contribution in [0.4, 0.5) is 5.00 Å². The number of hydrogen-bond acceptors (Lipinski definition) is 6. The molecule has 1 fully saturated rings. The van der Waals surface area contributed by atoms with Crippen LogP contribution in [0.3, 0.4) is 0 Å². The lowest BCUT2D eigenvalue weighted by molar-refractivity contribution is 0.587. The van der Waals surface area contributed by atoms with Crippen LogP contribution in [-0.4, -0.2) is 39.6 Å². The average Bonchev–Trinajstić information content (AvgIpc) is 2.77. The maximum Gasteiger partial charge on any atom is 0.153 e. The SMILES string of the molecule is N#Cc1c(N2CCS(=O)(=O)CC2)sc2c1CCNC2. The quantitative estimate of drug-likeness (QED) is 0.817. The molecule has 7 heteroatoms. The van der Waals surface area contributed by atoms with Gasteiger partial charge in [-0.1, -0.05) is 0 Å². The number of nitrogens with zero attached hydrogens (tertiary/aromatic N) is 2. The minimum atomic E-state index is -2.88. The fourth-order valence-corrected chi connectivity index (χ4v) is 5.09. The van der Waals surface area contributed by atoms with Gasteiger partial charge in [0.15, 0.2) is 9.84 Å². The Kier molecular flexibility index (Phi) is 3.25. The van der Waals surface area contributed by atoms with Crippen molar-refractivity contribution < 1.29 is 8.42 Å². The summed E-state index contributed by atoms with van der Waals surface area (Å²) < 4.78 is 23.0. The number of sulfone groups is 1. The molecule has 0 radical (unpaired) electrons. The van der Waals surface area contributed by atoms with Crippen LogP contribution in [-0.2, 0) is 22.8 Å². The van der Waals surface area contributed by atoms with Crippen molar-refractivity contribution in [1.82, 2.24) is 5.32 Å². The third-order valence-corrected chi connectivity index (χ3v) is 6.55. The normalized spacial score (nSPS) is 21.7. The maximum absolute atomic E-state index is 11.5. The van der Waals surface area contributed by atoms with E-state index in [1.54, 1.807) is 11.3 Å². The second-order valence-corrected chi connectivity index (χ2v) is 8.25. The summed E-state index contributed by atoms with van der Waals surface area (Å²) >= 11 is 1.64. The lowest BCUT2D eigenvalue weighted by Gasteiger charge is -2.27. The van der Waals surface area contributed by atoms with Gasteiger partial charge in [0.1, 0.15) is 11.1 Å². The summed E-state index contributed by atoms with van der Waals surface area (Å²) in [6.45, 7) is 2.74. The van der Waals surface area contributed by atoms with Crippen LogP contribution in [0.2, 0.25) is 0 Å². The minimum Gasteiger partial charge on any atom is -0.360 e. The van der Waals surface area contributed by atoms with Crippen molar-refractivity contribution in [3.8, 4) is 6.07 Å². The Bertz CT molecular complexity index is 629. The largest absolute Gasteiger partial charge is 0.360 e. The summed E-state index contributed by atoms with van der Waals surface area (Å²) in [5.74, 6) is 0.386. The van der Waals surface area contributed by atoms with Crippen LogP contribution < -0.4 is 10.2 Å². The number of nitrogens with one attached hydrogen (secondary N) is 1. The van der Waals surface area contributed by atoms with Gasteiger partial charge in [-0.15, -0.1) is 11.3 Å². The Labute approximate surface area is 116 Å². The third kappa shape index (κ3) is 2.36. The van der Waals surface area contributed by atoms with Gasteiger partial charge in [-0.3, -0.25) is 0 Å². The minimum absolute atomic E-state index is 0.193. The lowest BCUT2D eigenvalue weighted by Crippen LogP contribution is -2.40. The van der Waals surface area contributed by atoms with E-state index in [0.717, 1.165) is 35.6 Å². The van der Waals surface area contributed by atoms with E-state index in [1.165, 1.54) is 4.88 Å². The van der Waals surface area contributed by atoms with Gasteiger partial charge in [0, 0.05) is 24.5 Å². The Balaban J connectivity index is 1.93. The summed E-state index contributed by atoms with van der Waals surface area (Å²) in [4.78, 5) is 3.29. The van der Waals surface area contributed by atoms with Crippen molar-refractivity contribution in [1.29, 1.82) is 5.26 Å². The van der Waals surface area contributed by atoms with Gasteiger partial charge in [0.05, 0.1) is 17.1 Å². The van der Waals surface area contributed by atoms with E-state index in [4.69, 9.17) is 0 Å². The number of thiophene rings is 1. The number of rotatable bonds is 1. The highest BCUT2D eigenvalue weighted by Gasteiger charge is 2.28. The molecule has 1 N–H and O–H groups in total. The average molecular weight is 297 g/mol. The number of anilines is 1. The van der Waals surface area contributed by atoms with Gasteiger partial charge in [0.2, 0.25) is 0 Å². The van der Waals surface area contributed by atoms with Crippen molar-refractivity contribution in [2.24, 2.45) is 0 Å². The Morgan fingerprint density at radius 1 is 1.32 bits per heavy atom. The van der Waals surface area contributed by atoms with Crippen molar-refractivity contribution >= 4 is 26.2 Å².